The van der Waals surface area contributed by atoms with Crippen LogP contribution in [0.25, 0.3) is 0 Å². The van der Waals surface area contributed by atoms with Gasteiger partial charge in [0.05, 0.1) is 6.26 Å². The molecule has 0 amide bonds. The first kappa shape index (κ1) is 14.3. The first-order chi connectivity index (χ1) is 9.15. The summed E-state index contributed by atoms with van der Waals surface area (Å²) in [6.07, 6.45) is 3.54. The van der Waals surface area contributed by atoms with Crippen molar-refractivity contribution in [2.75, 3.05) is 0 Å². The maximum atomic E-state index is 13.6. The van der Waals surface area contributed by atoms with Gasteiger partial charge in [0.15, 0.2) is 0 Å². The molecule has 1 aromatic carbocycles. The van der Waals surface area contributed by atoms with Crippen LogP contribution < -0.4 is 5.32 Å². The standard InChI is InChI=1S/C15H17BrFNO/c1-11(4-7-14-3-2-8-19-14)18-10-12-5-6-13(16)9-15(12)17/h2-3,5-6,8-9,11,18H,4,7,10H2,1H3. The molecule has 0 aliphatic carbocycles. The summed E-state index contributed by atoms with van der Waals surface area (Å²) in [5.74, 6) is 0.809. The van der Waals surface area contributed by atoms with Crippen LogP contribution in [-0.2, 0) is 13.0 Å². The minimum absolute atomic E-state index is 0.180. The Kier molecular flexibility index (Phi) is 5.16. The van der Waals surface area contributed by atoms with E-state index in [-0.39, 0.29) is 5.82 Å². The maximum Gasteiger partial charge on any atom is 0.128 e. The second-order valence-electron chi connectivity index (χ2n) is 4.64. The van der Waals surface area contributed by atoms with E-state index in [9.17, 15) is 4.39 Å². The van der Waals surface area contributed by atoms with Gasteiger partial charge in [0.2, 0.25) is 0 Å². The van der Waals surface area contributed by atoms with Gasteiger partial charge in [0.25, 0.3) is 0 Å². The van der Waals surface area contributed by atoms with Crippen LogP contribution in [0, 0.1) is 5.82 Å². The zero-order valence-electron chi connectivity index (χ0n) is 10.8. The molecule has 19 heavy (non-hydrogen) atoms. The van der Waals surface area contributed by atoms with Gasteiger partial charge < -0.3 is 9.73 Å². The number of furan rings is 1. The molecule has 4 heteroatoms. The molecule has 0 aliphatic heterocycles. The van der Waals surface area contributed by atoms with E-state index in [4.69, 9.17) is 4.42 Å². The summed E-state index contributed by atoms with van der Waals surface area (Å²) in [4.78, 5) is 0. The van der Waals surface area contributed by atoms with Crippen LogP contribution >= 0.6 is 15.9 Å². The highest BCUT2D eigenvalue weighted by atomic mass is 79.9. The molecule has 102 valence electrons. The van der Waals surface area contributed by atoms with Crippen molar-refractivity contribution < 1.29 is 8.81 Å². The van der Waals surface area contributed by atoms with Crippen LogP contribution in [-0.4, -0.2) is 6.04 Å². The minimum Gasteiger partial charge on any atom is -0.469 e. The zero-order chi connectivity index (χ0) is 13.7. The molecule has 0 bridgehead atoms. The summed E-state index contributed by atoms with van der Waals surface area (Å²) in [5.41, 5.74) is 0.688. The summed E-state index contributed by atoms with van der Waals surface area (Å²) in [6.45, 7) is 2.64. The Hall–Kier alpha value is -1.13. The first-order valence-electron chi connectivity index (χ1n) is 6.35. The largest absolute Gasteiger partial charge is 0.469 e. The number of rotatable bonds is 6. The predicted octanol–water partition coefficient (Wildman–Crippen LogP) is 4.29. The summed E-state index contributed by atoms with van der Waals surface area (Å²) in [6, 6.07) is 9.32. The fourth-order valence-corrected chi connectivity index (χ4v) is 2.20. The average Bonchev–Trinajstić information content (AvgIpc) is 2.88. The lowest BCUT2D eigenvalue weighted by molar-refractivity contribution is 0.456. The van der Waals surface area contributed by atoms with E-state index in [0.29, 0.717) is 18.2 Å². The molecule has 0 spiro atoms. The molecule has 2 nitrogen and oxygen atoms in total. The van der Waals surface area contributed by atoms with Gasteiger partial charge in [-0.1, -0.05) is 22.0 Å². The predicted molar refractivity (Wildman–Crippen MR) is 77.4 cm³/mol. The van der Waals surface area contributed by atoms with Gasteiger partial charge in [0.1, 0.15) is 11.6 Å². The van der Waals surface area contributed by atoms with Crippen molar-refractivity contribution in [1.82, 2.24) is 5.32 Å². The topological polar surface area (TPSA) is 25.2 Å². The lowest BCUT2D eigenvalue weighted by atomic mass is 10.1. The Bertz CT molecular complexity index is 513. The van der Waals surface area contributed by atoms with E-state index in [2.05, 4.69) is 28.2 Å². The molecule has 0 aliphatic rings. The second-order valence-corrected chi connectivity index (χ2v) is 5.55. The smallest absolute Gasteiger partial charge is 0.128 e. The quantitative estimate of drug-likeness (QED) is 0.856. The summed E-state index contributed by atoms with van der Waals surface area (Å²) in [7, 11) is 0. The van der Waals surface area contributed by atoms with Crippen molar-refractivity contribution in [3.63, 3.8) is 0 Å². The third-order valence-electron chi connectivity index (χ3n) is 3.06. The highest BCUT2D eigenvalue weighted by Gasteiger charge is 2.06. The molecule has 1 atom stereocenters. The Labute approximate surface area is 121 Å². The van der Waals surface area contributed by atoms with Crippen molar-refractivity contribution in [2.24, 2.45) is 0 Å². The molecule has 0 saturated heterocycles. The SMILES string of the molecule is CC(CCc1ccco1)NCc1ccc(Br)cc1F. The number of halogens is 2. The van der Waals surface area contributed by atoms with Crippen molar-refractivity contribution in [3.8, 4) is 0 Å². The van der Waals surface area contributed by atoms with Crippen molar-refractivity contribution in [3.05, 3.63) is 58.2 Å². The van der Waals surface area contributed by atoms with Crippen molar-refractivity contribution in [2.45, 2.75) is 32.4 Å². The molecular weight excluding hydrogens is 309 g/mol. The van der Waals surface area contributed by atoms with E-state index in [1.807, 2.05) is 18.2 Å². The van der Waals surface area contributed by atoms with Gasteiger partial charge in [-0.3, -0.25) is 0 Å². The van der Waals surface area contributed by atoms with Crippen molar-refractivity contribution in [1.29, 1.82) is 0 Å². The Morgan fingerprint density at radius 2 is 2.21 bits per heavy atom. The fraction of sp³-hybridized carbons (Fsp3) is 0.333. The Balaban J connectivity index is 1.78. The van der Waals surface area contributed by atoms with E-state index < -0.39 is 0 Å². The van der Waals surface area contributed by atoms with Gasteiger partial charge in [0, 0.05) is 29.0 Å². The number of aryl methyl sites for hydroxylation is 1. The van der Waals surface area contributed by atoms with Gasteiger partial charge in [-0.2, -0.15) is 0 Å². The number of hydrogen-bond acceptors (Lipinski definition) is 2. The molecule has 1 unspecified atom stereocenters. The third kappa shape index (κ3) is 4.48. The number of benzene rings is 1. The van der Waals surface area contributed by atoms with Crippen LogP contribution in [0.4, 0.5) is 4.39 Å². The average molecular weight is 326 g/mol. The van der Waals surface area contributed by atoms with Crippen LogP contribution in [0.5, 0.6) is 0 Å². The van der Waals surface area contributed by atoms with Crippen molar-refractivity contribution >= 4 is 15.9 Å². The molecule has 0 fully saturated rings. The van der Waals surface area contributed by atoms with Crippen LogP contribution in [0.2, 0.25) is 0 Å². The van der Waals surface area contributed by atoms with E-state index >= 15 is 0 Å². The number of hydrogen-bond donors (Lipinski definition) is 1. The highest BCUT2D eigenvalue weighted by Crippen LogP contribution is 2.15. The molecule has 1 heterocycles. The molecule has 0 radical (unpaired) electrons. The number of nitrogens with one attached hydrogen (secondary N) is 1. The monoisotopic (exact) mass is 325 g/mol. The van der Waals surface area contributed by atoms with Gasteiger partial charge in [-0.25, -0.2) is 4.39 Å². The summed E-state index contributed by atoms with van der Waals surface area (Å²) < 4.78 is 19.7. The van der Waals surface area contributed by atoms with Crippen LogP contribution in [0.1, 0.15) is 24.7 Å². The lowest BCUT2D eigenvalue weighted by Gasteiger charge is -2.13. The molecule has 2 rings (SSSR count). The molecule has 1 aromatic heterocycles. The maximum absolute atomic E-state index is 13.6. The molecule has 0 saturated carbocycles. The van der Waals surface area contributed by atoms with E-state index in [0.717, 1.165) is 23.1 Å². The minimum atomic E-state index is -0.180. The highest BCUT2D eigenvalue weighted by molar-refractivity contribution is 9.10. The first-order valence-corrected chi connectivity index (χ1v) is 7.14. The van der Waals surface area contributed by atoms with E-state index in [1.54, 1.807) is 12.3 Å². The second kappa shape index (κ2) is 6.87. The summed E-state index contributed by atoms with van der Waals surface area (Å²) >= 11 is 3.25. The lowest BCUT2D eigenvalue weighted by Crippen LogP contribution is -2.26. The van der Waals surface area contributed by atoms with Gasteiger partial charge in [-0.05, 0) is 37.6 Å². The van der Waals surface area contributed by atoms with Crippen LogP contribution in [0.15, 0.2) is 45.5 Å². The molecule has 1 N–H and O–H groups in total. The zero-order valence-corrected chi connectivity index (χ0v) is 12.4. The summed E-state index contributed by atoms with van der Waals surface area (Å²) in [5, 5.41) is 3.32. The third-order valence-corrected chi connectivity index (χ3v) is 3.55. The van der Waals surface area contributed by atoms with Crippen LogP contribution in [0.3, 0.4) is 0 Å². The Morgan fingerprint density at radius 3 is 2.89 bits per heavy atom. The molecule has 2 aromatic rings. The van der Waals surface area contributed by atoms with Gasteiger partial charge >= 0.3 is 0 Å². The fourth-order valence-electron chi connectivity index (χ4n) is 1.86. The normalized spacial score (nSPS) is 12.6. The van der Waals surface area contributed by atoms with Gasteiger partial charge in [-0.15, -0.1) is 0 Å². The van der Waals surface area contributed by atoms with E-state index in [1.165, 1.54) is 6.07 Å². The molecular formula is C15H17BrFNO. The Morgan fingerprint density at radius 1 is 1.37 bits per heavy atom.